The molecule has 0 saturated carbocycles. The van der Waals surface area contributed by atoms with Gasteiger partial charge in [-0.3, -0.25) is 18.7 Å². The average molecular weight is 407 g/mol. The summed E-state index contributed by atoms with van der Waals surface area (Å²) in [7, 11) is 2.90. The standard InChI is InChI=1S/C18H16Cl2N4O3/c1-4-9-8-21-15-13(17(26)24(3)18(27)23(15)2)14(9)22-16(25)11-6-5-10(19)7-12(11)20/h5-8H,4H2,1-3H3,(H,21,22,25). The molecular formula is C18H16Cl2N4O3. The molecule has 0 unspecified atom stereocenters. The summed E-state index contributed by atoms with van der Waals surface area (Å²) in [6, 6.07) is 4.52. The van der Waals surface area contributed by atoms with Gasteiger partial charge in [-0.05, 0) is 30.2 Å². The number of halogens is 2. The summed E-state index contributed by atoms with van der Waals surface area (Å²) in [6.07, 6.45) is 2.07. The van der Waals surface area contributed by atoms with Crippen molar-refractivity contribution in [2.24, 2.45) is 14.1 Å². The molecule has 2 heterocycles. The summed E-state index contributed by atoms with van der Waals surface area (Å²) < 4.78 is 2.25. The van der Waals surface area contributed by atoms with Crippen molar-refractivity contribution in [3.8, 4) is 0 Å². The van der Waals surface area contributed by atoms with Crippen molar-refractivity contribution < 1.29 is 4.79 Å². The lowest BCUT2D eigenvalue weighted by Gasteiger charge is -2.15. The van der Waals surface area contributed by atoms with Gasteiger partial charge in [-0.1, -0.05) is 30.1 Å². The van der Waals surface area contributed by atoms with E-state index in [9.17, 15) is 14.4 Å². The van der Waals surface area contributed by atoms with Crippen LogP contribution in [0.25, 0.3) is 11.0 Å². The van der Waals surface area contributed by atoms with E-state index < -0.39 is 17.2 Å². The molecule has 1 aromatic carbocycles. The van der Waals surface area contributed by atoms with Crippen molar-refractivity contribution in [1.82, 2.24) is 14.1 Å². The van der Waals surface area contributed by atoms with E-state index in [-0.39, 0.29) is 21.6 Å². The Balaban J connectivity index is 2.25. The molecular weight excluding hydrogens is 391 g/mol. The first-order valence-corrected chi connectivity index (χ1v) is 8.85. The van der Waals surface area contributed by atoms with Gasteiger partial charge in [0, 0.05) is 25.3 Å². The fraction of sp³-hybridized carbons (Fsp3) is 0.222. The Bertz CT molecular complexity index is 1200. The van der Waals surface area contributed by atoms with Gasteiger partial charge >= 0.3 is 5.69 Å². The van der Waals surface area contributed by atoms with Crippen LogP contribution in [0.4, 0.5) is 5.69 Å². The highest BCUT2D eigenvalue weighted by Gasteiger charge is 2.20. The Morgan fingerprint density at radius 1 is 1.19 bits per heavy atom. The molecule has 0 aliphatic carbocycles. The minimum atomic E-state index is -0.534. The van der Waals surface area contributed by atoms with Crippen LogP contribution in [0.5, 0.6) is 0 Å². The molecule has 0 aliphatic rings. The first kappa shape index (κ1) is 19.1. The highest BCUT2D eigenvalue weighted by molar-refractivity contribution is 6.37. The number of carbonyl (C=O) groups is 1. The monoisotopic (exact) mass is 406 g/mol. The molecule has 1 N–H and O–H groups in total. The summed E-state index contributed by atoms with van der Waals surface area (Å²) in [6.45, 7) is 1.88. The Morgan fingerprint density at radius 2 is 1.89 bits per heavy atom. The number of amides is 1. The number of anilines is 1. The number of aromatic nitrogens is 3. The quantitative estimate of drug-likeness (QED) is 0.724. The third kappa shape index (κ3) is 3.24. The number of nitrogens with zero attached hydrogens (tertiary/aromatic N) is 3. The van der Waals surface area contributed by atoms with E-state index in [2.05, 4.69) is 10.3 Å². The Labute approximate surface area is 164 Å². The van der Waals surface area contributed by atoms with Gasteiger partial charge in [0.25, 0.3) is 11.5 Å². The predicted molar refractivity (Wildman–Crippen MR) is 106 cm³/mol. The Kier molecular flexibility index (Phi) is 5.08. The maximum absolute atomic E-state index is 12.8. The van der Waals surface area contributed by atoms with Crippen molar-refractivity contribution in [3.63, 3.8) is 0 Å². The Morgan fingerprint density at radius 3 is 2.52 bits per heavy atom. The van der Waals surface area contributed by atoms with Crippen LogP contribution < -0.4 is 16.6 Å². The molecule has 0 spiro atoms. The van der Waals surface area contributed by atoms with Gasteiger partial charge in [-0.25, -0.2) is 9.78 Å². The number of aryl methyl sites for hydroxylation is 2. The fourth-order valence-electron chi connectivity index (χ4n) is 2.83. The molecule has 2 aromatic heterocycles. The number of hydrogen-bond acceptors (Lipinski definition) is 4. The molecule has 0 bridgehead atoms. The lowest BCUT2D eigenvalue weighted by atomic mass is 10.1. The van der Waals surface area contributed by atoms with Crippen LogP contribution in [0.1, 0.15) is 22.8 Å². The second kappa shape index (κ2) is 7.17. The fourth-order valence-corrected chi connectivity index (χ4v) is 3.33. The zero-order valence-corrected chi connectivity index (χ0v) is 16.4. The van der Waals surface area contributed by atoms with E-state index >= 15 is 0 Å². The smallest absolute Gasteiger partial charge is 0.321 e. The predicted octanol–water partition coefficient (Wildman–Crippen LogP) is 2.75. The van der Waals surface area contributed by atoms with Gasteiger partial charge in [-0.2, -0.15) is 0 Å². The van der Waals surface area contributed by atoms with E-state index in [0.29, 0.717) is 22.7 Å². The second-order valence-electron chi connectivity index (χ2n) is 5.99. The van der Waals surface area contributed by atoms with Gasteiger partial charge < -0.3 is 5.32 Å². The normalized spacial score (nSPS) is 11.0. The first-order valence-electron chi connectivity index (χ1n) is 8.10. The minimum absolute atomic E-state index is 0.164. The molecule has 3 aromatic rings. The molecule has 3 rings (SSSR count). The molecule has 140 valence electrons. The number of carbonyl (C=O) groups excluding carboxylic acids is 1. The SMILES string of the molecule is CCc1cnc2c(c1NC(=O)c1ccc(Cl)cc1Cl)c(=O)n(C)c(=O)n2C. The Hall–Kier alpha value is -2.64. The summed E-state index contributed by atoms with van der Waals surface area (Å²) >= 11 is 12.0. The summed E-state index contributed by atoms with van der Waals surface area (Å²) in [4.78, 5) is 41.9. The third-order valence-corrected chi connectivity index (χ3v) is 4.89. The zero-order valence-electron chi connectivity index (χ0n) is 14.8. The lowest BCUT2D eigenvalue weighted by Crippen LogP contribution is -2.38. The van der Waals surface area contributed by atoms with Crippen molar-refractivity contribution in [2.75, 3.05) is 5.32 Å². The molecule has 0 saturated heterocycles. The van der Waals surface area contributed by atoms with Crippen LogP contribution in [-0.4, -0.2) is 20.0 Å². The highest BCUT2D eigenvalue weighted by atomic mass is 35.5. The van der Waals surface area contributed by atoms with Crippen molar-refractivity contribution >= 4 is 45.8 Å². The zero-order chi connectivity index (χ0) is 19.9. The number of nitrogens with one attached hydrogen (secondary N) is 1. The van der Waals surface area contributed by atoms with E-state index in [0.717, 1.165) is 4.57 Å². The topological polar surface area (TPSA) is 86.0 Å². The molecule has 0 aliphatic heterocycles. The number of rotatable bonds is 3. The highest BCUT2D eigenvalue weighted by Crippen LogP contribution is 2.26. The second-order valence-corrected chi connectivity index (χ2v) is 6.84. The summed E-state index contributed by atoms with van der Waals surface area (Å²) in [5.41, 5.74) is 0.356. The van der Waals surface area contributed by atoms with E-state index in [4.69, 9.17) is 23.2 Å². The van der Waals surface area contributed by atoms with Gasteiger partial charge in [0.2, 0.25) is 0 Å². The van der Waals surface area contributed by atoms with Crippen LogP contribution in [-0.2, 0) is 20.5 Å². The number of hydrogen-bond donors (Lipinski definition) is 1. The van der Waals surface area contributed by atoms with Crippen LogP contribution in [0.2, 0.25) is 10.0 Å². The van der Waals surface area contributed by atoms with Gasteiger partial charge in [0.15, 0.2) is 5.65 Å². The summed E-state index contributed by atoms with van der Waals surface area (Å²) in [5.74, 6) is -0.491. The van der Waals surface area contributed by atoms with Crippen molar-refractivity contribution in [3.05, 3.63) is 66.4 Å². The summed E-state index contributed by atoms with van der Waals surface area (Å²) in [5, 5.41) is 3.52. The van der Waals surface area contributed by atoms with Gasteiger partial charge in [-0.15, -0.1) is 0 Å². The maximum Gasteiger partial charge on any atom is 0.332 e. The molecule has 0 radical (unpaired) electrons. The maximum atomic E-state index is 12.8. The molecule has 0 fully saturated rings. The van der Waals surface area contributed by atoms with Crippen LogP contribution in [0.15, 0.2) is 34.0 Å². The molecule has 27 heavy (non-hydrogen) atoms. The van der Waals surface area contributed by atoms with Crippen LogP contribution in [0, 0.1) is 0 Å². The molecule has 7 nitrogen and oxygen atoms in total. The van der Waals surface area contributed by atoms with Crippen LogP contribution in [0.3, 0.4) is 0 Å². The molecule has 1 amide bonds. The minimum Gasteiger partial charge on any atom is -0.321 e. The average Bonchev–Trinajstić information content (AvgIpc) is 2.64. The van der Waals surface area contributed by atoms with E-state index in [1.807, 2.05) is 6.92 Å². The van der Waals surface area contributed by atoms with Crippen molar-refractivity contribution in [1.29, 1.82) is 0 Å². The van der Waals surface area contributed by atoms with Gasteiger partial charge in [0.1, 0.15) is 5.39 Å². The lowest BCUT2D eigenvalue weighted by molar-refractivity contribution is 0.102. The number of benzene rings is 1. The van der Waals surface area contributed by atoms with Gasteiger partial charge in [0.05, 0.1) is 16.3 Å². The van der Waals surface area contributed by atoms with E-state index in [1.54, 1.807) is 12.3 Å². The van der Waals surface area contributed by atoms with Crippen molar-refractivity contribution in [2.45, 2.75) is 13.3 Å². The number of fused-ring (bicyclic) bond motifs is 1. The largest absolute Gasteiger partial charge is 0.332 e. The van der Waals surface area contributed by atoms with Crippen LogP contribution >= 0.6 is 23.2 Å². The first-order chi connectivity index (χ1) is 12.8. The number of pyridine rings is 1. The molecule has 0 atom stereocenters. The van der Waals surface area contributed by atoms with E-state index in [1.165, 1.54) is 30.8 Å². The third-order valence-electron chi connectivity index (χ3n) is 4.34. The molecule has 9 heteroatoms.